The Hall–Kier alpha value is -3.23. The number of nitrogens with one attached hydrogen (secondary N) is 1. The van der Waals surface area contributed by atoms with Crippen LogP contribution in [0.4, 0.5) is 5.69 Å². The average Bonchev–Trinajstić information content (AvgIpc) is 3.04. The molecule has 0 aliphatic carbocycles. The molecule has 170 valence electrons. The lowest BCUT2D eigenvalue weighted by molar-refractivity contribution is -0.149. The molecular formula is C23H27N3O6. The lowest BCUT2D eigenvalue weighted by atomic mass is 9.96. The van der Waals surface area contributed by atoms with Crippen molar-refractivity contribution in [1.82, 2.24) is 10.2 Å². The maximum absolute atomic E-state index is 13.0. The molecule has 3 aliphatic heterocycles. The van der Waals surface area contributed by atoms with Crippen molar-refractivity contribution in [2.75, 3.05) is 24.6 Å². The first-order valence-electron chi connectivity index (χ1n) is 11.2. The predicted molar refractivity (Wildman–Crippen MR) is 114 cm³/mol. The molecule has 3 aliphatic rings. The lowest BCUT2D eigenvalue weighted by Gasteiger charge is -2.32. The molecule has 2 saturated heterocycles. The molecule has 4 amide bonds. The van der Waals surface area contributed by atoms with Crippen LogP contribution in [-0.2, 0) is 19.1 Å². The first-order valence-corrected chi connectivity index (χ1v) is 11.2. The van der Waals surface area contributed by atoms with Crippen molar-refractivity contribution in [1.29, 1.82) is 0 Å². The van der Waals surface area contributed by atoms with Gasteiger partial charge >= 0.3 is 5.97 Å². The molecule has 0 radical (unpaired) electrons. The molecule has 9 nitrogen and oxygen atoms in total. The first-order chi connectivity index (χ1) is 15.4. The molecule has 0 spiro atoms. The lowest BCUT2D eigenvalue weighted by Crippen LogP contribution is -2.54. The number of hydrogen-bond acceptors (Lipinski definition) is 7. The molecule has 4 rings (SSSR count). The van der Waals surface area contributed by atoms with Crippen LogP contribution in [0, 0.1) is 5.92 Å². The quantitative estimate of drug-likeness (QED) is 0.406. The number of anilines is 1. The van der Waals surface area contributed by atoms with Gasteiger partial charge in [0.05, 0.1) is 23.7 Å². The smallest absolute Gasteiger partial charge is 0.309 e. The number of piperidine rings is 2. The molecule has 32 heavy (non-hydrogen) atoms. The van der Waals surface area contributed by atoms with Gasteiger partial charge in [0, 0.05) is 25.2 Å². The molecule has 9 heteroatoms. The molecule has 2 fully saturated rings. The number of hydrogen-bond donors (Lipinski definition) is 1. The molecule has 0 bridgehead atoms. The Labute approximate surface area is 186 Å². The Bertz CT molecular complexity index is 966. The van der Waals surface area contributed by atoms with E-state index in [9.17, 15) is 24.0 Å². The van der Waals surface area contributed by atoms with E-state index in [-0.39, 0.29) is 35.9 Å². The minimum absolute atomic E-state index is 0.0882. The zero-order chi connectivity index (χ0) is 22.8. The summed E-state index contributed by atoms with van der Waals surface area (Å²) in [5, 5.41) is 2.20. The summed E-state index contributed by atoms with van der Waals surface area (Å²) in [6, 6.07) is 4.11. The summed E-state index contributed by atoms with van der Waals surface area (Å²) in [4.78, 5) is 64.7. The van der Waals surface area contributed by atoms with Crippen LogP contribution in [-0.4, -0.2) is 60.2 Å². The minimum atomic E-state index is -0.974. The zero-order valence-electron chi connectivity index (χ0n) is 18.1. The van der Waals surface area contributed by atoms with E-state index in [1.807, 2.05) is 6.92 Å². The van der Waals surface area contributed by atoms with E-state index in [4.69, 9.17) is 4.74 Å². The number of ether oxygens (including phenoxy) is 1. The second-order valence-corrected chi connectivity index (χ2v) is 8.46. The highest BCUT2D eigenvalue weighted by molar-refractivity contribution is 6.23. The molecular weight excluding hydrogens is 414 g/mol. The third kappa shape index (κ3) is 4.11. The van der Waals surface area contributed by atoms with E-state index < -0.39 is 29.7 Å². The van der Waals surface area contributed by atoms with Crippen LogP contribution in [0.2, 0.25) is 0 Å². The Morgan fingerprint density at radius 2 is 1.78 bits per heavy atom. The van der Waals surface area contributed by atoms with E-state index >= 15 is 0 Å². The number of amides is 4. The predicted octanol–water partition coefficient (Wildman–Crippen LogP) is 1.65. The largest absolute Gasteiger partial charge is 0.465 e. The van der Waals surface area contributed by atoms with Crippen molar-refractivity contribution in [3.05, 3.63) is 29.3 Å². The Morgan fingerprint density at radius 3 is 2.47 bits per heavy atom. The minimum Gasteiger partial charge on any atom is -0.465 e. The number of esters is 1. The molecule has 0 aromatic heterocycles. The second-order valence-electron chi connectivity index (χ2n) is 8.46. The first kappa shape index (κ1) is 22.0. The van der Waals surface area contributed by atoms with E-state index in [0.29, 0.717) is 32.5 Å². The Kier molecular flexibility index (Phi) is 6.25. The molecule has 1 unspecified atom stereocenters. The number of fused-ring (bicyclic) bond motifs is 1. The Balaban J connectivity index is 1.43. The summed E-state index contributed by atoms with van der Waals surface area (Å²) >= 11 is 0. The molecule has 1 aromatic rings. The zero-order valence-corrected chi connectivity index (χ0v) is 18.1. The highest BCUT2D eigenvalue weighted by Crippen LogP contribution is 2.32. The van der Waals surface area contributed by atoms with Gasteiger partial charge in [0.1, 0.15) is 6.04 Å². The second kappa shape index (κ2) is 9.10. The van der Waals surface area contributed by atoms with Gasteiger partial charge in [-0.2, -0.15) is 0 Å². The SMILES string of the molecule is CCCCOC(=O)C1CCN(c2ccc3c(c2)C(=O)N(C2CCC(=O)NC2=O)C3=O)CC1. The molecule has 1 N–H and O–H groups in total. The van der Waals surface area contributed by atoms with Gasteiger partial charge in [0.15, 0.2) is 0 Å². The molecule has 3 heterocycles. The van der Waals surface area contributed by atoms with Crippen LogP contribution in [0.5, 0.6) is 0 Å². The van der Waals surface area contributed by atoms with Crippen molar-refractivity contribution in [3.63, 3.8) is 0 Å². The van der Waals surface area contributed by atoms with Crippen LogP contribution < -0.4 is 10.2 Å². The normalized spacial score (nSPS) is 21.6. The van der Waals surface area contributed by atoms with Crippen molar-refractivity contribution in [2.24, 2.45) is 5.92 Å². The topological polar surface area (TPSA) is 113 Å². The number of imide groups is 2. The van der Waals surface area contributed by atoms with Crippen molar-refractivity contribution in [2.45, 2.75) is 51.5 Å². The fourth-order valence-electron chi connectivity index (χ4n) is 4.46. The van der Waals surface area contributed by atoms with Gasteiger partial charge in [-0.3, -0.25) is 34.2 Å². The standard InChI is InChI=1S/C23H27N3O6/c1-2-3-12-32-23(31)14-8-10-25(11-9-14)15-4-5-16-17(13-15)22(30)26(21(16)29)18-6-7-19(27)24-20(18)28/h4-5,13-14,18H,2-3,6-12H2,1H3,(H,24,27,28). The van der Waals surface area contributed by atoms with Crippen LogP contribution in [0.15, 0.2) is 18.2 Å². The number of carbonyl (C=O) groups is 5. The number of benzene rings is 1. The van der Waals surface area contributed by atoms with E-state index in [0.717, 1.165) is 23.4 Å². The van der Waals surface area contributed by atoms with Crippen molar-refractivity contribution in [3.8, 4) is 0 Å². The number of rotatable bonds is 6. The Morgan fingerprint density at radius 1 is 1.06 bits per heavy atom. The fourth-order valence-corrected chi connectivity index (χ4v) is 4.46. The van der Waals surface area contributed by atoms with E-state index in [1.165, 1.54) is 0 Å². The third-order valence-corrected chi connectivity index (χ3v) is 6.36. The summed E-state index contributed by atoms with van der Waals surface area (Å²) in [6.07, 6.45) is 3.39. The maximum Gasteiger partial charge on any atom is 0.309 e. The summed E-state index contributed by atoms with van der Waals surface area (Å²) < 4.78 is 5.34. The van der Waals surface area contributed by atoms with E-state index in [2.05, 4.69) is 10.2 Å². The number of unbranched alkanes of at least 4 members (excludes halogenated alkanes) is 1. The van der Waals surface area contributed by atoms with Gasteiger partial charge in [-0.25, -0.2) is 0 Å². The third-order valence-electron chi connectivity index (χ3n) is 6.36. The van der Waals surface area contributed by atoms with E-state index in [1.54, 1.807) is 18.2 Å². The highest BCUT2D eigenvalue weighted by Gasteiger charge is 2.44. The van der Waals surface area contributed by atoms with Gasteiger partial charge in [0.25, 0.3) is 11.8 Å². The maximum atomic E-state index is 13.0. The fraction of sp³-hybridized carbons (Fsp3) is 0.522. The van der Waals surface area contributed by atoms with Gasteiger partial charge in [-0.05, 0) is 43.9 Å². The van der Waals surface area contributed by atoms with Gasteiger partial charge < -0.3 is 9.64 Å². The van der Waals surface area contributed by atoms with Gasteiger partial charge in [0.2, 0.25) is 11.8 Å². The van der Waals surface area contributed by atoms with Crippen LogP contribution in [0.1, 0.15) is 66.2 Å². The van der Waals surface area contributed by atoms with Gasteiger partial charge in [-0.15, -0.1) is 0 Å². The average molecular weight is 441 g/mol. The van der Waals surface area contributed by atoms with Crippen LogP contribution >= 0.6 is 0 Å². The van der Waals surface area contributed by atoms with Crippen LogP contribution in [0.3, 0.4) is 0 Å². The summed E-state index contributed by atoms with van der Waals surface area (Å²) in [5.74, 6) is -2.32. The van der Waals surface area contributed by atoms with Crippen molar-refractivity contribution >= 4 is 35.3 Å². The summed E-state index contributed by atoms with van der Waals surface area (Å²) in [6.45, 7) is 3.79. The van der Waals surface area contributed by atoms with Crippen molar-refractivity contribution < 1.29 is 28.7 Å². The molecule has 1 atom stereocenters. The van der Waals surface area contributed by atoms with Gasteiger partial charge in [-0.1, -0.05) is 13.3 Å². The summed E-state index contributed by atoms with van der Waals surface area (Å²) in [5.41, 5.74) is 1.32. The number of carbonyl (C=O) groups excluding carboxylic acids is 5. The monoisotopic (exact) mass is 441 g/mol. The molecule has 1 aromatic carbocycles. The molecule has 0 saturated carbocycles. The summed E-state index contributed by atoms with van der Waals surface area (Å²) in [7, 11) is 0. The number of nitrogens with zero attached hydrogens (tertiary/aromatic N) is 2. The highest BCUT2D eigenvalue weighted by atomic mass is 16.5. The van der Waals surface area contributed by atoms with Crippen LogP contribution in [0.25, 0.3) is 0 Å².